The fraction of sp³-hybridized carbons (Fsp3) is 0.600. The second-order valence-electron chi connectivity index (χ2n) is 5.71. The van der Waals surface area contributed by atoms with Gasteiger partial charge in [0.2, 0.25) is 0 Å². The Morgan fingerprint density at radius 1 is 1.42 bits per heavy atom. The van der Waals surface area contributed by atoms with Gasteiger partial charge in [-0.3, -0.25) is 0 Å². The van der Waals surface area contributed by atoms with E-state index in [4.69, 9.17) is 10.5 Å². The predicted octanol–water partition coefficient (Wildman–Crippen LogP) is 3.05. The second-order valence-corrected chi connectivity index (χ2v) is 7.51. The van der Waals surface area contributed by atoms with Crippen molar-refractivity contribution in [1.82, 2.24) is 0 Å². The van der Waals surface area contributed by atoms with Crippen molar-refractivity contribution in [3.05, 3.63) is 23.8 Å². The van der Waals surface area contributed by atoms with Crippen molar-refractivity contribution in [2.24, 2.45) is 5.73 Å². The van der Waals surface area contributed by atoms with Crippen LogP contribution < -0.4 is 15.4 Å². The highest BCUT2D eigenvalue weighted by atomic mass is 32.2. The number of nitrogens with two attached hydrogens (primary N) is 1. The van der Waals surface area contributed by atoms with E-state index >= 15 is 0 Å². The molecule has 1 aliphatic rings. The lowest BCUT2D eigenvalue weighted by Crippen LogP contribution is -2.43. The topological polar surface area (TPSA) is 38.5 Å². The van der Waals surface area contributed by atoms with Gasteiger partial charge in [-0.15, -0.1) is 0 Å². The van der Waals surface area contributed by atoms with Gasteiger partial charge in [-0.25, -0.2) is 0 Å². The van der Waals surface area contributed by atoms with E-state index in [9.17, 15) is 0 Å². The van der Waals surface area contributed by atoms with Gasteiger partial charge in [-0.1, -0.05) is 6.07 Å². The Labute approximate surface area is 120 Å². The van der Waals surface area contributed by atoms with Gasteiger partial charge >= 0.3 is 0 Å². The van der Waals surface area contributed by atoms with Crippen molar-refractivity contribution in [2.45, 2.75) is 31.6 Å². The lowest BCUT2D eigenvalue weighted by molar-refractivity contribution is 0.406. The average Bonchev–Trinajstić information content (AvgIpc) is 2.36. The number of methoxy groups -OCH3 is 1. The first kappa shape index (κ1) is 14.5. The van der Waals surface area contributed by atoms with Crippen molar-refractivity contribution >= 4 is 17.4 Å². The number of anilines is 1. The number of hydrogen-bond acceptors (Lipinski definition) is 4. The van der Waals surface area contributed by atoms with Crippen molar-refractivity contribution in [3.63, 3.8) is 0 Å². The number of ether oxygens (including phenoxy) is 1. The van der Waals surface area contributed by atoms with E-state index < -0.39 is 0 Å². The quantitative estimate of drug-likeness (QED) is 0.923. The standard InChI is InChI=1S/C15H24N2OS/c1-11(16)14-12(6-5-7-13(14)18-4)17-8-9-19-15(2,3)10-17/h5-7,11H,8-10,16H2,1-4H3/t11-/m1/s1. The van der Waals surface area contributed by atoms with Gasteiger partial charge in [0.25, 0.3) is 0 Å². The van der Waals surface area contributed by atoms with E-state index in [0.29, 0.717) is 0 Å². The van der Waals surface area contributed by atoms with Gasteiger partial charge in [0, 0.05) is 40.9 Å². The van der Waals surface area contributed by atoms with Crippen LogP contribution in [0.2, 0.25) is 0 Å². The highest BCUT2D eigenvalue weighted by Crippen LogP contribution is 2.38. The average molecular weight is 280 g/mol. The summed E-state index contributed by atoms with van der Waals surface area (Å²) in [6, 6.07) is 6.18. The van der Waals surface area contributed by atoms with Gasteiger partial charge in [-0.2, -0.15) is 11.8 Å². The minimum absolute atomic E-state index is 0.0242. The fourth-order valence-electron chi connectivity index (χ4n) is 2.67. The Bertz CT molecular complexity index is 446. The van der Waals surface area contributed by atoms with Gasteiger partial charge < -0.3 is 15.4 Å². The molecule has 0 aliphatic carbocycles. The molecule has 1 fully saturated rings. The third-order valence-electron chi connectivity index (χ3n) is 3.48. The van der Waals surface area contributed by atoms with Crippen LogP contribution >= 0.6 is 11.8 Å². The molecule has 0 unspecified atom stereocenters. The van der Waals surface area contributed by atoms with Crippen molar-refractivity contribution in [3.8, 4) is 5.75 Å². The summed E-state index contributed by atoms with van der Waals surface area (Å²) in [5, 5.41) is 0. The van der Waals surface area contributed by atoms with Crippen molar-refractivity contribution in [1.29, 1.82) is 0 Å². The number of nitrogens with zero attached hydrogens (tertiary/aromatic N) is 1. The molecule has 1 saturated heterocycles. The third-order valence-corrected chi connectivity index (χ3v) is 4.78. The molecule has 1 atom stereocenters. The fourth-order valence-corrected chi connectivity index (χ4v) is 3.78. The molecule has 106 valence electrons. The Hall–Kier alpha value is -0.870. The summed E-state index contributed by atoms with van der Waals surface area (Å²) in [6.07, 6.45) is 0. The Morgan fingerprint density at radius 2 is 2.16 bits per heavy atom. The zero-order chi connectivity index (χ0) is 14.0. The third kappa shape index (κ3) is 3.18. The van der Waals surface area contributed by atoms with Crippen LogP contribution in [0.15, 0.2) is 18.2 Å². The number of thioether (sulfide) groups is 1. The number of benzene rings is 1. The highest BCUT2D eigenvalue weighted by Gasteiger charge is 2.29. The Balaban J connectivity index is 2.38. The molecule has 0 aromatic heterocycles. The van der Waals surface area contributed by atoms with Crippen LogP contribution in [0, 0.1) is 0 Å². The molecule has 2 N–H and O–H groups in total. The summed E-state index contributed by atoms with van der Waals surface area (Å²) in [6.45, 7) is 8.74. The first-order valence-corrected chi connectivity index (χ1v) is 7.74. The summed E-state index contributed by atoms with van der Waals surface area (Å²) >= 11 is 2.04. The normalized spacial score (nSPS) is 20.2. The lowest BCUT2D eigenvalue weighted by Gasteiger charge is -2.40. The summed E-state index contributed by atoms with van der Waals surface area (Å²) < 4.78 is 5.77. The molecule has 1 aliphatic heterocycles. The lowest BCUT2D eigenvalue weighted by atomic mass is 10.0. The summed E-state index contributed by atoms with van der Waals surface area (Å²) in [4.78, 5) is 2.44. The summed E-state index contributed by atoms with van der Waals surface area (Å²) in [7, 11) is 1.71. The molecule has 1 aromatic carbocycles. The molecular formula is C15H24N2OS. The highest BCUT2D eigenvalue weighted by molar-refractivity contribution is 8.00. The maximum atomic E-state index is 6.15. The maximum Gasteiger partial charge on any atom is 0.125 e. The molecular weight excluding hydrogens is 256 g/mol. The largest absolute Gasteiger partial charge is 0.496 e. The summed E-state index contributed by atoms with van der Waals surface area (Å²) in [5.41, 5.74) is 8.50. The zero-order valence-electron chi connectivity index (χ0n) is 12.3. The van der Waals surface area contributed by atoms with E-state index in [1.54, 1.807) is 7.11 Å². The molecule has 0 saturated carbocycles. The van der Waals surface area contributed by atoms with Crippen LogP contribution in [0.25, 0.3) is 0 Å². The van der Waals surface area contributed by atoms with E-state index in [0.717, 1.165) is 30.2 Å². The maximum absolute atomic E-state index is 6.15. The zero-order valence-corrected chi connectivity index (χ0v) is 13.1. The summed E-state index contributed by atoms with van der Waals surface area (Å²) in [5.74, 6) is 2.05. The van der Waals surface area contributed by atoms with E-state index in [1.807, 2.05) is 24.8 Å². The SMILES string of the molecule is COc1cccc(N2CCSC(C)(C)C2)c1[C@@H](C)N. The molecule has 0 spiro atoms. The first-order valence-electron chi connectivity index (χ1n) is 6.76. The van der Waals surface area contributed by atoms with Crippen LogP contribution in [0.5, 0.6) is 5.75 Å². The van der Waals surface area contributed by atoms with Gasteiger partial charge in [0.05, 0.1) is 7.11 Å². The van der Waals surface area contributed by atoms with Crippen LogP contribution in [0.1, 0.15) is 32.4 Å². The molecule has 0 bridgehead atoms. The Kier molecular flexibility index (Phi) is 4.31. The Morgan fingerprint density at radius 3 is 2.74 bits per heavy atom. The van der Waals surface area contributed by atoms with Crippen LogP contribution in [-0.2, 0) is 0 Å². The molecule has 1 aromatic rings. The molecule has 0 amide bonds. The number of rotatable bonds is 3. The van der Waals surface area contributed by atoms with E-state index in [-0.39, 0.29) is 10.8 Å². The molecule has 2 rings (SSSR count). The first-order chi connectivity index (χ1) is 8.94. The van der Waals surface area contributed by atoms with Crippen molar-refractivity contribution in [2.75, 3.05) is 30.9 Å². The molecule has 1 heterocycles. The smallest absolute Gasteiger partial charge is 0.125 e. The van der Waals surface area contributed by atoms with Gasteiger partial charge in [0.1, 0.15) is 5.75 Å². The monoisotopic (exact) mass is 280 g/mol. The van der Waals surface area contributed by atoms with E-state index in [1.165, 1.54) is 5.69 Å². The van der Waals surface area contributed by atoms with Gasteiger partial charge in [0.15, 0.2) is 0 Å². The minimum atomic E-state index is -0.0242. The van der Waals surface area contributed by atoms with Crippen LogP contribution in [-0.4, -0.2) is 30.7 Å². The molecule has 19 heavy (non-hydrogen) atoms. The van der Waals surface area contributed by atoms with Crippen molar-refractivity contribution < 1.29 is 4.74 Å². The molecule has 0 radical (unpaired) electrons. The van der Waals surface area contributed by atoms with Crippen LogP contribution in [0.4, 0.5) is 5.69 Å². The molecule has 4 heteroatoms. The van der Waals surface area contributed by atoms with Gasteiger partial charge in [-0.05, 0) is 32.9 Å². The molecule has 3 nitrogen and oxygen atoms in total. The minimum Gasteiger partial charge on any atom is -0.496 e. The predicted molar refractivity (Wildman–Crippen MR) is 84.3 cm³/mol. The number of hydrogen-bond donors (Lipinski definition) is 1. The van der Waals surface area contributed by atoms with Crippen LogP contribution in [0.3, 0.4) is 0 Å². The van der Waals surface area contributed by atoms with E-state index in [2.05, 4.69) is 30.9 Å². The second kappa shape index (κ2) is 5.63.